The van der Waals surface area contributed by atoms with Gasteiger partial charge in [-0.2, -0.15) is 0 Å². The molecule has 0 radical (unpaired) electrons. The van der Waals surface area contributed by atoms with Crippen molar-refractivity contribution in [3.05, 3.63) is 64.8 Å². The lowest BCUT2D eigenvalue weighted by molar-refractivity contribution is 0.596. The van der Waals surface area contributed by atoms with Gasteiger partial charge in [0.2, 0.25) is 0 Å². The van der Waals surface area contributed by atoms with E-state index >= 15 is 0 Å². The summed E-state index contributed by atoms with van der Waals surface area (Å²) in [5.41, 5.74) is 1.10. The van der Waals surface area contributed by atoms with Gasteiger partial charge < -0.3 is 8.94 Å². The second-order valence-electron chi connectivity index (χ2n) is 4.33. The van der Waals surface area contributed by atoms with Gasteiger partial charge in [0, 0.05) is 6.07 Å². The summed E-state index contributed by atoms with van der Waals surface area (Å²) in [5.74, 6) is 0.260. The van der Waals surface area contributed by atoms with E-state index in [9.17, 15) is 9.18 Å². The second kappa shape index (κ2) is 6.12. The van der Waals surface area contributed by atoms with Crippen molar-refractivity contribution >= 4 is 39.5 Å². The minimum atomic E-state index is -0.390. The third kappa shape index (κ3) is 2.94. The normalized spacial score (nSPS) is 11.3. The zero-order valence-electron chi connectivity index (χ0n) is 10.6. The molecule has 0 saturated heterocycles. The minimum Gasteiger partial charge on any atom is -0.467 e. The molecule has 0 aliphatic heterocycles. The lowest BCUT2D eigenvalue weighted by Gasteiger charge is -2.05. The zero-order valence-corrected chi connectivity index (χ0v) is 13.8. The monoisotopic (exact) mass is 414 g/mol. The lowest BCUT2D eigenvalue weighted by atomic mass is 10.1. The molecular formula is C15H9FIO3P. The third-order valence-corrected chi connectivity index (χ3v) is 4.01. The Kier molecular flexibility index (Phi) is 4.22. The SMILES string of the molecule is O=c1c(-c2cccc(F)c2)coc2cc(OPI)ccc12. The van der Waals surface area contributed by atoms with Gasteiger partial charge in [-0.15, -0.1) is 0 Å². The van der Waals surface area contributed by atoms with E-state index in [0.717, 1.165) is 0 Å². The maximum absolute atomic E-state index is 13.3. The van der Waals surface area contributed by atoms with Crippen molar-refractivity contribution in [2.45, 2.75) is 0 Å². The van der Waals surface area contributed by atoms with Gasteiger partial charge in [-0.3, -0.25) is 4.79 Å². The summed E-state index contributed by atoms with van der Waals surface area (Å²) in [4.78, 5) is 12.5. The Morgan fingerprint density at radius 3 is 2.81 bits per heavy atom. The van der Waals surface area contributed by atoms with E-state index < -0.39 is 5.82 Å². The Balaban J connectivity index is 2.17. The molecule has 2 aromatic carbocycles. The van der Waals surface area contributed by atoms with Gasteiger partial charge >= 0.3 is 0 Å². The van der Waals surface area contributed by atoms with Crippen molar-refractivity contribution in [2.75, 3.05) is 0 Å². The molecule has 3 aromatic rings. The molecule has 3 rings (SSSR count). The summed E-state index contributed by atoms with van der Waals surface area (Å²) in [6, 6.07) is 10.9. The molecule has 0 N–H and O–H groups in total. The number of rotatable bonds is 3. The highest BCUT2D eigenvalue weighted by Gasteiger charge is 2.10. The maximum Gasteiger partial charge on any atom is 0.200 e. The van der Waals surface area contributed by atoms with E-state index in [1.54, 1.807) is 30.3 Å². The number of hydrogen-bond acceptors (Lipinski definition) is 3. The molecule has 0 aliphatic rings. The van der Waals surface area contributed by atoms with Crippen LogP contribution in [0.3, 0.4) is 0 Å². The maximum atomic E-state index is 13.3. The molecule has 0 bridgehead atoms. The van der Waals surface area contributed by atoms with Crippen LogP contribution in [0.25, 0.3) is 22.1 Å². The summed E-state index contributed by atoms with van der Waals surface area (Å²) < 4.78 is 24.2. The molecule has 106 valence electrons. The van der Waals surface area contributed by atoms with Crippen LogP contribution in [-0.2, 0) is 0 Å². The van der Waals surface area contributed by atoms with Gasteiger partial charge in [0.25, 0.3) is 0 Å². The van der Waals surface area contributed by atoms with Crippen LogP contribution in [0.15, 0.2) is 57.9 Å². The highest BCUT2D eigenvalue weighted by molar-refractivity contribution is 14.2. The van der Waals surface area contributed by atoms with Crippen molar-refractivity contribution < 1.29 is 13.3 Å². The molecule has 1 heterocycles. The molecular weight excluding hydrogens is 405 g/mol. The average Bonchev–Trinajstić information content (AvgIpc) is 2.48. The fraction of sp³-hybridized carbons (Fsp3) is 0. The average molecular weight is 414 g/mol. The number of fused-ring (bicyclic) bond motifs is 1. The number of hydrogen-bond donors (Lipinski definition) is 0. The van der Waals surface area contributed by atoms with E-state index in [1.807, 2.05) is 0 Å². The summed E-state index contributed by atoms with van der Waals surface area (Å²) in [6.07, 6.45) is 1.36. The number of benzene rings is 2. The molecule has 21 heavy (non-hydrogen) atoms. The van der Waals surface area contributed by atoms with Crippen LogP contribution in [0.5, 0.6) is 5.75 Å². The van der Waals surface area contributed by atoms with Gasteiger partial charge in [-0.05, 0) is 51.9 Å². The molecule has 0 saturated carbocycles. The topological polar surface area (TPSA) is 39.4 Å². The van der Waals surface area contributed by atoms with Crippen LogP contribution in [0, 0.1) is 5.82 Å². The van der Waals surface area contributed by atoms with Gasteiger partial charge in [0.1, 0.15) is 29.9 Å². The van der Waals surface area contributed by atoms with Gasteiger partial charge in [0.15, 0.2) is 5.43 Å². The Bertz CT molecular complexity index is 863. The van der Waals surface area contributed by atoms with Gasteiger partial charge in [0.05, 0.1) is 10.9 Å². The Morgan fingerprint density at radius 2 is 2.05 bits per heavy atom. The van der Waals surface area contributed by atoms with Gasteiger partial charge in [-0.1, -0.05) is 12.1 Å². The third-order valence-electron chi connectivity index (χ3n) is 3.04. The van der Waals surface area contributed by atoms with E-state index in [1.165, 1.54) is 18.4 Å². The lowest BCUT2D eigenvalue weighted by Crippen LogP contribution is -2.04. The Hall–Kier alpha value is -1.46. The predicted octanol–water partition coefficient (Wildman–Crippen LogP) is 4.92. The molecule has 0 amide bonds. The summed E-state index contributed by atoms with van der Waals surface area (Å²) in [7, 11) is 0. The van der Waals surface area contributed by atoms with Crippen LogP contribution in [0.1, 0.15) is 0 Å². The predicted molar refractivity (Wildman–Crippen MR) is 90.8 cm³/mol. The van der Waals surface area contributed by atoms with Crippen molar-refractivity contribution in [1.29, 1.82) is 0 Å². The van der Waals surface area contributed by atoms with E-state index in [4.69, 9.17) is 8.94 Å². The molecule has 0 fully saturated rings. The fourth-order valence-corrected chi connectivity index (χ4v) is 3.05. The van der Waals surface area contributed by atoms with Crippen molar-refractivity contribution in [3.8, 4) is 16.9 Å². The molecule has 3 nitrogen and oxygen atoms in total. The molecule has 1 aromatic heterocycles. The largest absolute Gasteiger partial charge is 0.467 e. The Labute approximate surface area is 134 Å². The van der Waals surface area contributed by atoms with Crippen LogP contribution in [-0.4, -0.2) is 0 Å². The number of halogens is 2. The summed E-state index contributed by atoms with van der Waals surface area (Å²) in [6.45, 7) is 0.286. The minimum absolute atomic E-state index is 0.190. The van der Waals surface area contributed by atoms with Crippen LogP contribution in [0.4, 0.5) is 4.39 Å². The first-order valence-corrected chi connectivity index (χ1v) is 10.1. The van der Waals surface area contributed by atoms with Crippen molar-refractivity contribution in [3.63, 3.8) is 0 Å². The van der Waals surface area contributed by atoms with E-state index in [-0.39, 0.29) is 11.9 Å². The first-order chi connectivity index (χ1) is 10.2. The molecule has 0 aliphatic carbocycles. The van der Waals surface area contributed by atoms with Gasteiger partial charge in [-0.25, -0.2) is 4.39 Å². The molecule has 1 atom stereocenters. The standard InChI is InChI=1S/C15H9FIO3P/c16-10-3-1-2-9(6-10)13-8-19-14-7-11(20-21-17)4-5-12(14)15(13)18/h1-8,21H. The summed E-state index contributed by atoms with van der Waals surface area (Å²) in [5, 5.41) is 0.445. The zero-order chi connectivity index (χ0) is 14.8. The molecule has 1 unspecified atom stereocenters. The van der Waals surface area contributed by atoms with Crippen LogP contribution >= 0.6 is 28.5 Å². The smallest absolute Gasteiger partial charge is 0.200 e. The Morgan fingerprint density at radius 1 is 1.19 bits per heavy atom. The summed E-state index contributed by atoms with van der Waals surface area (Å²) >= 11 is 2.12. The fourth-order valence-electron chi connectivity index (χ4n) is 2.07. The van der Waals surface area contributed by atoms with Crippen molar-refractivity contribution in [2.24, 2.45) is 0 Å². The second-order valence-corrected chi connectivity index (χ2v) is 6.01. The van der Waals surface area contributed by atoms with E-state index in [2.05, 4.69) is 22.0 Å². The van der Waals surface area contributed by atoms with E-state index in [0.29, 0.717) is 27.8 Å². The first kappa shape index (κ1) is 14.5. The van der Waals surface area contributed by atoms with Crippen LogP contribution < -0.4 is 9.95 Å². The highest BCUT2D eigenvalue weighted by atomic mass is 127. The van der Waals surface area contributed by atoms with Crippen molar-refractivity contribution in [1.82, 2.24) is 0 Å². The molecule has 0 spiro atoms. The highest BCUT2D eigenvalue weighted by Crippen LogP contribution is 2.29. The quantitative estimate of drug-likeness (QED) is 0.451. The van der Waals surface area contributed by atoms with Crippen LogP contribution in [0.2, 0.25) is 0 Å². The first-order valence-electron chi connectivity index (χ1n) is 6.03. The molecule has 6 heteroatoms.